The molecule has 7 heteroatoms. The van der Waals surface area contributed by atoms with Gasteiger partial charge < -0.3 is 9.72 Å². The van der Waals surface area contributed by atoms with Crippen LogP contribution in [0.1, 0.15) is 24.8 Å². The SMILES string of the molecule is Cn1c(=O)[nH]c(=O)c2[nH]c(C3CCCO3)nc21. The number of aromatic nitrogens is 4. The van der Waals surface area contributed by atoms with Gasteiger partial charge in [0, 0.05) is 13.7 Å². The van der Waals surface area contributed by atoms with E-state index in [2.05, 4.69) is 15.0 Å². The Labute approximate surface area is 95.4 Å². The molecule has 3 heterocycles. The first kappa shape index (κ1) is 10.3. The molecule has 3 rings (SSSR count). The van der Waals surface area contributed by atoms with Gasteiger partial charge in [0.15, 0.2) is 5.65 Å². The highest BCUT2D eigenvalue weighted by Gasteiger charge is 2.22. The van der Waals surface area contributed by atoms with Crippen LogP contribution >= 0.6 is 0 Å². The zero-order chi connectivity index (χ0) is 12.0. The lowest BCUT2D eigenvalue weighted by Gasteiger charge is -2.03. The summed E-state index contributed by atoms with van der Waals surface area (Å²) < 4.78 is 6.80. The van der Waals surface area contributed by atoms with Crippen LogP contribution in [-0.2, 0) is 11.8 Å². The summed E-state index contributed by atoms with van der Waals surface area (Å²) in [5, 5.41) is 0. The van der Waals surface area contributed by atoms with Crippen molar-refractivity contribution in [1.82, 2.24) is 19.5 Å². The third-order valence-electron chi connectivity index (χ3n) is 3.01. The number of nitrogens with one attached hydrogen (secondary N) is 2. The molecule has 0 spiro atoms. The third-order valence-corrected chi connectivity index (χ3v) is 3.01. The van der Waals surface area contributed by atoms with Gasteiger partial charge in [-0.1, -0.05) is 0 Å². The lowest BCUT2D eigenvalue weighted by Crippen LogP contribution is -2.28. The minimum atomic E-state index is -0.465. The summed E-state index contributed by atoms with van der Waals surface area (Å²) in [5.74, 6) is 0.615. The Kier molecular flexibility index (Phi) is 2.15. The molecule has 1 saturated heterocycles. The monoisotopic (exact) mass is 236 g/mol. The predicted molar refractivity (Wildman–Crippen MR) is 59.9 cm³/mol. The number of ether oxygens (including phenoxy) is 1. The minimum absolute atomic E-state index is 0.100. The van der Waals surface area contributed by atoms with Gasteiger partial charge in [0.25, 0.3) is 5.56 Å². The average molecular weight is 236 g/mol. The number of fused-ring (bicyclic) bond motifs is 1. The molecule has 1 aliphatic rings. The van der Waals surface area contributed by atoms with E-state index in [1.54, 1.807) is 7.05 Å². The summed E-state index contributed by atoms with van der Waals surface area (Å²) in [6.45, 7) is 0.705. The minimum Gasteiger partial charge on any atom is -0.370 e. The number of hydrogen-bond acceptors (Lipinski definition) is 4. The molecule has 7 nitrogen and oxygen atoms in total. The molecule has 0 aromatic carbocycles. The normalized spacial score (nSPS) is 20.2. The summed E-state index contributed by atoms with van der Waals surface area (Å²) in [6.07, 6.45) is 1.76. The number of hydrogen-bond donors (Lipinski definition) is 2. The fourth-order valence-corrected chi connectivity index (χ4v) is 2.07. The Balaban J connectivity index is 2.25. The summed E-state index contributed by atoms with van der Waals surface area (Å²) in [6, 6.07) is 0. The van der Waals surface area contributed by atoms with Crippen LogP contribution in [0.4, 0.5) is 0 Å². The highest BCUT2D eigenvalue weighted by Crippen LogP contribution is 2.26. The lowest BCUT2D eigenvalue weighted by molar-refractivity contribution is 0.106. The highest BCUT2D eigenvalue weighted by atomic mass is 16.5. The van der Waals surface area contributed by atoms with Crippen LogP contribution in [0, 0.1) is 0 Å². The smallest absolute Gasteiger partial charge is 0.329 e. The van der Waals surface area contributed by atoms with E-state index in [4.69, 9.17) is 4.74 Å². The van der Waals surface area contributed by atoms with Gasteiger partial charge in [-0.05, 0) is 12.8 Å². The van der Waals surface area contributed by atoms with Gasteiger partial charge in [0.1, 0.15) is 17.4 Å². The molecule has 1 aliphatic heterocycles. The fraction of sp³-hybridized carbons (Fsp3) is 0.500. The molecule has 2 aromatic heterocycles. The number of rotatable bonds is 1. The first-order chi connectivity index (χ1) is 8.16. The maximum absolute atomic E-state index is 11.6. The Morgan fingerprint density at radius 1 is 1.41 bits per heavy atom. The molecule has 0 bridgehead atoms. The molecule has 0 saturated carbocycles. The van der Waals surface area contributed by atoms with Crippen LogP contribution in [-0.4, -0.2) is 26.1 Å². The second kappa shape index (κ2) is 3.56. The topological polar surface area (TPSA) is 92.8 Å². The summed E-state index contributed by atoms with van der Waals surface area (Å²) in [7, 11) is 1.57. The van der Waals surface area contributed by atoms with E-state index in [1.807, 2.05) is 0 Å². The Bertz CT molecular complexity index is 675. The van der Waals surface area contributed by atoms with Crippen molar-refractivity contribution in [2.24, 2.45) is 7.05 Å². The summed E-state index contributed by atoms with van der Waals surface area (Å²) >= 11 is 0. The molecule has 0 amide bonds. The zero-order valence-electron chi connectivity index (χ0n) is 9.32. The first-order valence-electron chi connectivity index (χ1n) is 5.47. The maximum Gasteiger partial charge on any atom is 0.329 e. The van der Waals surface area contributed by atoms with Gasteiger partial charge >= 0.3 is 5.69 Å². The summed E-state index contributed by atoms with van der Waals surface area (Å²) in [5.41, 5.74) is -0.227. The largest absolute Gasteiger partial charge is 0.370 e. The van der Waals surface area contributed by atoms with Gasteiger partial charge in [-0.25, -0.2) is 9.78 Å². The van der Waals surface area contributed by atoms with E-state index in [-0.39, 0.29) is 6.10 Å². The molecule has 1 unspecified atom stereocenters. The number of aromatic amines is 2. The van der Waals surface area contributed by atoms with Crippen LogP contribution in [0.5, 0.6) is 0 Å². The van der Waals surface area contributed by atoms with Crippen molar-refractivity contribution < 1.29 is 4.74 Å². The molecule has 0 radical (unpaired) electrons. The standard InChI is InChI=1S/C10H12N4O3/c1-14-8-6(9(15)13-10(14)16)11-7(12-8)5-3-2-4-17-5/h5H,2-4H2,1H3,(H,11,12)(H,13,15,16). The molecule has 2 aromatic rings. The maximum atomic E-state index is 11.6. The molecule has 1 atom stereocenters. The molecule has 2 N–H and O–H groups in total. The van der Waals surface area contributed by atoms with Crippen molar-refractivity contribution in [3.8, 4) is 0 Å². The Morgan fingerprint density at radius 3 is 2.94 bits per heavy atom. The third kappa shape index (κ3) is 1.50. The molecule has 1 fully saturated rings. The Morgan fingerprint density at radius 2 is 2.24 bits per heavy atom. The number of H-pyrrole nitrogens is 2. The van der Waals surface area contributed by atoms with Gasteiger partial charge in [0.2, 0.25) is 0 Å². The zero-order valence-corrected chi connectivity index (χ0v) is 9.32. The van der Waals surface area contributed by atoms with Crippen LogP contribution in [0.2, 0.25) is 0 Å². The van der Waals surface area contributed by atoms with Crippen molar-refractivity contribution in [3.05, 3.63) is 26.7 Å². The van der Waals surface area contributed by atoms with Crippen LogP contribution in [0.3, 0.4) is 0 Å². The van der Waals surface area contributed by atoms with E-state index in [0.717, 1.165) is 12.8 Å². The number of aryl methyl sites for hydroxylation is 1. The van der Waals surface area contributed by atoms with Gasteiger partial charge in [-0.2, -0.15) is 0 Å². The first-order valence-corrected chi connectivity index (χ1v) is 5.47. The van der Waals surface area contributed by atoms with Gasteiger partial charge in [0.05, 0.1) is 0 Å². The highest BCUT2D eigenvalue weighted by molar-refractivity contribution is 5.69. The molecule has 90 valence electrons. The van der Waals surface area contributed by atoms with Crippen molar-refractivity contribution in [1.29, 1.82) is 0 Å². The fourth-order valence-electron chi connectivity index (χ4n) is 2.07. The van der Waals surface area contributed by atoms with Crippen molar-refractivity contribution >= 4 is 11.2 Å². The van der Waals surface area contributed by atoms with E-state index in [1.165, 1.54) is 4.57 Å². The Hall–Kier alpha value is -1.89. The second-order valence-electron chi connectivity index (χ2n) is 4.14. The van der Waals surface area contributed by atoms with Crippen molar-refractivity contribution in [3.63, 3.8) is 0 Å². The van der Waals surface area contributed by atoms with Gasteiger partial charge in [-0.3, -0.25) is 14.3 Å². The second-order valence-corrected chi connectivity index (χ2v) is 4.14. The van der Waals surface area contributed by atoms with Crippen molar-refractivity contribution in [2.75, 3.05) is 6.61 Å². The van der Waals surface area contributed by atoms with Crippen LogP contribution in [0.15, 0.2) is 9.59 Å². The summed E-state index contributed by atoms with van der Waals surface area (Å²) in [4.78, 5) is 32.4. The average Bonchev–Trinajstić information content (AvgIpc) is 2.94. The van der Waals surface area contributed by atoms with E-state index >= 15 is 0 Å². The van der Waals surface area contributed by atoms with Crippen LogP contribution < -0.4 is 11.2 Å². The van der Waals surface area contributed by atoms with E-state index in [0.29, 0.717) is 23.6 Å². The van der Waals surface area contributed by atoms with E-state index in [9.17, 15) is 9.59 Å². The van der Waals surface area contributed by atoms with E-state index < -0.39 is 11.2 Å². The van der Waals surface area contributed by atoms with Crippen molar-refractivity contribution in [2.45, 2.75) is 18.9 Å². The quantitative estimate of drug-likeness (QED) is 0.717. The molecular weight excluding hydrogens is 224 g/mol. The predicted octanol–water partition coefficient (Wildman–Crippen LogP) is -0.199. The lowest BCUT2D eigenvalue weighted by atomic mass is 10.2. The number of nitrogens with zero attached hydrogens (tertiary/aromatic N) is 2. The van der Waals surface area contributed by atoms with Crippen LogP contribution in [0.25, 0.3) is 11.2 Å². The van der Waals surface area contributed by atoms with Gasteiger partial charge in [-0.15, -0.1) is 0 Å². The molecular formula is C10H12N4O3. The molecule has 17 heavy (non-hydrogen) atoms. The number of imidazole rings is 1. The molecule has 0 aliphatic carbocycles.